The second kappa shape index (κ2) is 17.0. The summed E-state index contributed by atoms with van der Waals surface area (Å²) in [4.78, 5) is 83.2. The van der Waals surface area contributed by atoms with Gasteiger partial charge >= 0.3 is 6.09 Å². The number of carbonyl (C=O) groups excluding carboxylic acids is 3. The van der Waals surface area contributed by atoms with Gasteiger partial charge in [-0.25, -0.2) is 29.7 Å². The van der Waals surface area contributed by atoms with Crippen LogP contribution in [-0.4, -0.2) is 103 Å². The molecule has 3 N–H and O–H groups in total. The monoisotopic (exact) mass is 814 g/mol. The normalized spacial score (nSPS) is 18.1. The van der Waals surface area contributed by atoms with E-state index in [1.807, 2.05) is 69.1 Å². The van der Waals surface area contributed by atoms with E-state index in [2.05, 4.69) is 49.4 Å². The topological polar surface area (TPSA) is 193 Å². The zero-order valence-electron chi connectivity index (χ0n) is 34.6. The number of aromatic amines is 2. The third-order valence-electron chi connectivity index (χ3n) is 11.5. The van der Waals surface area contributed by atoms with Gasteiger partial charge in [-0.3, -0.25) is 9.59 Å². The van der Waals surface area contributed by atoms with Crippen LogP contribution < -0.4 is 5.32 Å². The molecular weight excluding hydrogens is 765 g/mol. The molecule has 3 amide bonds. The summed E-state index contributed by atoms with van der Waals surface area (Å²) in [5, 5.41) is 3.60. The average molecular weight is 815 g/mol. The van der Waals surface area contributed by atoms with Gasteiger partial charge in [-0.15, -0.1) is 0 Å². The third kappa shape index (κ3) is 7.98. The molecule has 0 radical (unpaired) electrons. The van der Waals surface area contributed by atoms with Crippen LogP contribution in [0.3, 0.4) is 0 Å². The lowest BCUT2D eigenvalue weighted by Gasteiger charge is -2.29. The minimum Gasteiger partial charge on any atom is -0.453 e. The average Bonchev–Trinajstić information content (AvgIpc) is 4.08. The maximum atomic E-state index is 13.7. The van der Waals surface area contributed by atoms with Crippen molar-refractivity contribution in [1.29, 1.82) is 0 Å². The molecule has 2 saturated heterocycles. The first-order valence-corrected chi connectivity index (χ1v) is 20.5. The minimum absolute atomic E-state index is 0.0221. The lowest BCUT2D eigenvalue weighted by molar-refractivity contribution is -0.188. The van der Waals surface area contributed by atoms with Gasteiger partial charge in [-0.05, 0) is 91.1 Å². The number of nitrogens with zero attached hydrogens (tertiary/aromatic N) is 7. The molecule has 8 rings (SSSR count). The van der Waals surface area contributed by atoms with Crippen molar-refractivity contribution < 1.29 is 28.9 Å². The molecule has 2 aliphatic heterocycles. The van der Waals surface area contributed by atoms with Crippen LogP contribution in [0.2, 0.25) is 0 Å². The first kappa shape index (κ1) is 40.4. The Morgan fingerprint density at radius 1 is 0.767 bits per heavy atom. The smallest absolute Gasteiger partial charge is 0.407 e. The number of rotatable bonds is 12. The number of methoxy groups -OCH3 is 1. The van der Waals surface area contributed by atoms with Crippen LogP contribution in [-0.2, 0) is 24.1 Å². The molecule has 16 heteroatoms. The Labute approximate surface area is 347 Å². The predicted octanol–water partition coefficient (Wildman–Crippen LogP) is 7.05. The van der Waals surface area contributed by atoms with Crippen molar-refractivity contribution in [1.82, 2.24) is 45.0 Å². The number of H-pyrrole nitrogens is 2. The third-order valence-corrected chi connectivity index (χ3v) is 11.5. The fraction of sp³-hybridized carbons (Fsp3) is 0.409. The first-order valence-electron chi connectivity index (χ1n) is 20.5. The van der Waals surface area contributed by atoms with Gasteiger partial charge in [0.05, 0.1) is 53.9 Å². The van der Waals surface area contributed by atoms with Gasteiger partial charge in [0.15, 0.2) is 5.82 Å². The molecule has 0 bridgehead atoms. The van der Waals surface area contributed by atoms with Crippen molar-refractivity contribution in [2.45, 2.75) is 77.5 Å². The van der Waals surface area contributed by atoms with Gasteiger partial charge in [-0.2, -0.15) is 4.89 Å². The molecule has 6 aromatic rings. The molecule has 3 aromatic carbocycles. The van der Waals surface area contributed by atoms with E-state index in [4.69, 9.17) is 29.6 Å². The maximum absolute atomic E-state index is 13.7. The van der Waals surface area contributed by atoms with Crippen molar-refractivity contribution >= 4 is 57.3 Å². The number of nitrogens with one attached hydrogen (secondary N) is 3. The molecule has 2 aliphatic rings. The molecule has 3 aromatic heterocycles. The van der Waals surface area contributed by atoms with E-state index < -0.39 is 18.2 Å². The van der Waals surface area contributed by atoms with Gasteiger partial charge < -0.3 is 34.7 Å². The molecule has 2 fully saturated rings. The number of benzene rings is 3. The zero-order chi connectivity index (χ0) is 42.1. The highest BCUT2D eigenvalue weighted by atomic mass is 17.2. The van der Waals surface area contributed by atoms with E-state index in [9.17, 15) is 14.4 Å². The Bertz CT molecular complexity index is 2580. The van der Waals surface area contributed by atoms with Gasteiger partial charge in [-0.1, -0.05) is 39.8 Å². The Kier molecular flexibility index (Phi) is 11.5. The quantitative estimate of drug-likeness (QED) is 0.0499. The number of alkyl carbamates (subject to hydrolysis) is 1. The van der Waals surface area contributed by atoms with Crippen LogP contribution in [0, 0.1) is 11.8 Å². The number of fused-ring (bicyclic) bond motifs is 3. The standard InChI is InChI=1S/C44H50N10O6/c1-24(2)37(46-23-60-59-6)42(55)53-17-7-9-35(53)40-48-31-15-12-27(20-33(31)50-40)26-11-14-30-29(19-26)22-45-39(47-30)28-13-16-32-34(21-28)51-41(49-32)36-10-8-18-54(36)43(56)38(25(3)4)52-44(57)58-5/h11-16,19-25,35-38H,7-10,17-18H2,1-6H3,(H,48,50)(H,49,51)(H,52,57)/t35-,36-,37-,38?/m0/s1. The molecule has 0 saturated carbocycles. The summed E-state index contributed by atoms with van der Waals surface area (Å²) in [7, 11) is 2.68. The highest BCUT2D eigenvalue weighted by molar-refractivity contribution is 5.90. The van der Waals surface area contributed by atoms with Crippen molar-refractivity contribution in [3.8, 4) is 22.5 Å². The Morgan fingerprint density at radius 3 is 1.95 bits per heavy atom. The lowest BCUT2D eigenvalue weighted by Crippen LogP contribution is -2.51. The number of aromatic nitrogens is 6. The summed E-state index contributed by atoms with van der Waals surface area (Å²) < 4.78 is 4.77. The molecule has 16 nitrogen and oxygen atoms in total. The summed E-state index contributed by atoms with van der Waals surface area (Å²) in [6, 6.07) is 16.5. The maximum Gasteiger partial charge on any atom is 0.407 e. The number of amides is 3. The van der Waals surface area contributed by atoms with Crippen LogP contribution in [0.5, 0.6) is 0 Å². The summed E-state index contributed by atoms with van der Waals surface area (Å²) in [6.07, 6.45) is 5.67. The van der Waals surface area contributed by atoms with Crippen LogP contribution in [0.4, 0.5) is 4.79 Å². The molecule has 5 heterocycles. The lowest BCUT2D eigenvalue weighted by atomic mass is 10.0. The van der Waals surface area contributed by atoms with Crippen molar-refractivity contribution in [3.63, 3.8) is 0 Å². The molecule has 0 spiro atoms. The van der Waals surface area contributed by atoms with E-state index in [1.165, 1.54) is 20.6 Å². The number of likely N-dealkylation sites (tertiary alicyclic amines) is 2. The number of ether oxygens (including phenoxy) is 1. The SMILES string of the molecule is COOC=N[C@H](C(=O)N1CCC[C@H]1c1nc2ccc(-c3ccc4nc(-c5ccc6nc([C@@H]7CCCN7C(=O)C(NC(=O)OC)C(C)C)[nH]c6c5)ncc4c3)cc2[nH]1)C(C)C. The molecule has 312 valence electrons. The van der Waals surface area contributed by atoms with Gasteiger partial charge in [0.2, 0.25) is 18.2 Å². The number of carbonyl (C=O) groups is 3. The van der Waals surface area contributed by atoms with E-state index in [0.29, 0.717) is 24.7 Å². The van der Waals surface area contributed by atoms with Gasteiger partial charge in [0.25, 0.3) is 0 Å². The molecular formula is C44H50N10O6. The summed E-state index contributed by atoms with van der Waals surface area (Å²) in [5.74, 6) is 1.70. The van der Waals surface area contributed by atoms with E-state index in [-0.39, 0.29) is 35.7 Å². The zero-order valence-corrected chi connectivity index (χ0v) is 34.6. The Morgan fingerprint density at radius 2 is 1.35 bits per heavy atom. The summed E-state index contributed by atoms with van der Waals surface area (Å²) in [5.41, 5.74) is 6.98. The number of hydrogen-bond acceptors (Lipinski definition) is 11. The predicted molar refractivity (Wildman–Crippen MR) is 226 cm³/mol. The second-order valence-electron chi connectivity index (χ2n) is 16.1. The fourth-order valence-electron chi connectivity index (χ4n) is 8.38. The van der Waals surface area contributed by atoms with Crippen molar-refractivity contribution in [3.05, 3.63) is 72.4 Å². The van der Waals surface area contributed by atoms with Crippen LogP contribution in [0.1, 0.15) is 77.1 Å². The van der Waals surface area contributed by atoms with Crippen LogP contribution in [0.15, 0.2) is 65.8 Å². The van der Waals surface area contributed by atoms with E-state index in [0.717, 1.165) is 81.2 Å². The van der Waals surface area contributed by atoms with Crippen LogP contribution in [0.25, 0.3) is 55.5 Å². The van der Waals surface area contributed by atoms with Crippen molar-refractivity contribution in [2.24, 2.45) is 16.8 Å². The highest BCUT2D eigenvalue weighted by Gasteiger charge is 2.38. The molecule has 60 heavy (non-hydrogen) atoms. The Balaban J connectivity index is 0.992. The second-order valence-corrected chi connectivity index (χ2v) is 16.1. The van der Waals surface area contributed by atoms with E-state index in [1.54, 1.807) is 4.90 Å². The minimum atomic E-state index is -0.705. The van der Waals surface area contributed by atoms with Gasteiger partial charge in [0, 0.05) is 30.2 Å². The van der Waals surface area contributed by atoms with Crippen LogP contribution >= 0.6 is 0 Å². The summed E-state index contributed by atoms with van der Waals surface area (Å²) in [6.45, 7) is 8.94. The van der Waals surface area contributed by atoms with Gasteiger partial charge in [0.1, 0.15) is 23.7 Å². The molecule has 4 atom stereocenters. The molecule has 1 unspecified atom stereocenters. The largest absolute Gasteiger partial charge is 0.453 e. The number of hydrogen-bond donors (Lipinski definition) is 3. The van der Waals surface area contributed by atoms with Crippen molar-refractivity contribution in [2.75, 3.05) is 27.3 Å². The number of imidazole rings is 2. The Hall–Kier alpha value is -6.42. The number of aliphatic imine (C=N–C) groups is 1. The fourth-order valence-corrected chi connectivity index (χ4v) is 8.38. The first-order chi connectivity index (χ1) is 29.0. The van der Waals surface area contributed by atoms with E-state index >= 15 is 0 Å². The highest BCUT2D eigenvalue weighted by Crippen LogP contribution is 2.36. The summed E-state index contributed by atoms with van der Waals surface area (Å²) >= 11 is 0. The molecule has 0 aliphatic carbocycles.